The lowest BCUT2D eigenvalue weighted by molar-refractivity contribution is -0.121. The molecule has 0 unspecified atom stereocenters. The van der Waals surface area contributed by atoms with Crippen molar-refractivity contribution in [2.24, 2.45) is 0 Å². The minimum Gasteiger partial charge on any atom is -0.467 e. The van der Waals surface area contributed by atoms with Crippen LogP contribution in [0.25, 0.3) is 11.0 Å². The summed E-state index contributed by atoms with van der Waals surface area (Å²) in [5, 5.41) is 2.67. The summed E-state index contributed by atoms with van der Waals surface area (Å²) in [5.74, 6) is 0.245. The van der Waals surface area contributed by atoms with E-state index in [1.807, 2.05) is 0 Å². The number of fused-ring (bicyclic) bond motifs is 1. The fourth-order valence-electron chi connectivity index (χ4n) is 2.64. The van der Waals surface area contributed by atoms with E-state index in [4.69, 9.17) is 4.42 Å². The molecule has 0 fully saturated rings. The van der Waals surface area contributed by atoms with Crippen LogP contribution in [-0.2, 0) is 24.4 Å². The maximum atomic E-state index is 12.4. The van der Waals surface area contributed by atoms with Crippen molar-refractivity contribution in [3.05, 3.63) is 69.1 Å². The van der Waals surface area contributed by atoms with E-state index in [0.717, 1.165) is 0 Å². The SMILES string of the molecule is CCn1c(=O)c(=O)n(CC(=O)NCc2ccco2)c2ccccc21. The molecule has 0 aliphatic carbocycles. The van der Waals surface area contributed by atoms with Crippen molar-refractivity contribution in [2.45, 2.75) is 26.6 Å². The molecule has 3 aromatic rings. The molecule has 2 heterocycles. The predicted molar refractivity (Wildman–Crippen MR) is 88.7 cm³/mol. The molecule has 124 valence electrons. The Morgan fingerprint density at radius 2 is 1.71 bits per heavy atom. The molecule has 0 bridgehead atoms. The van der Waals surface area contributed by atoms with Gasteiger partial charge in [-0.2, -0.15) is 0 Å². The van der Waals surface area contributed by atoms with Gasteiger partial charge in [0.1, 0.15) is 12.3 Å². The Morgan fingerprint density at radius 3 is 2.33 bits per heavy atom. The number of carbonyl (C=O) groups is 1. The molecule has 0 aliphatic heterocycles. The van der Waals surface area contributed by atoms with Crippen LogP contribution >= 0.6 is 0 Å². The van der Waals surface area contributed by atoms with E-state index < -0.39 is 11.1 Å². The molecule has 7 nitrogen and oxygen atoms in total. The summed E-state index contributed by atoms with van der Waals surface area (Å²) in [7, 11) is 0. The monoisotopic (exact) mass is 327 g/mol. The Bertz CT molecular complexity index is 983. The fraction of sp³-hybridized carbons (Fsp3) is 0.235. The minimum absolute atomic E-state index is 0.222. The highest BCUT2D eigenvalue weighted by Crippen LogP contribution is 2.10. The van der Waals surface area contributed by atoms with Crippen molar-refractivity contribution in [2.75, 3.05) is 0 Å². The summed E-state index contributed by atoms with van der Waals surface area (Å²) >= 11 is 0. The number of carbonyl (C=O) groups excluding carboxylic acids is 1. The van der Waals surface area contributed by atoms with Crippen LogP contribution in [-0.4, -0.2) is 15.0 Å². The molecule has 1 aromatic carbocycles. The van der Waals surface area contributed by atoms with Crippen molar-refractivity contribution < 1.29 is 9.21 Å². The first kappa shape index (κ1) is 15.8. The molecular formula is C17H17N3O4. The zero-order valence-electron chi connectivity index (χ0n) is 13.2. The largest absolute Gasteiger partial charge is 0.467 e. The number of nitrogens with one attached hydrogen (secondary N) is 1. The van der Waals surface area contributed by atoms with Crippen LogP contribution in [0.1, 0.15) is 12.7 Å². The molecule has 2 aromatic heterocycles. The van der Waals surface area contributed by atoms with Crippen molar-refractivity contribution >= 4 is 16.9 Å². The second-order valence-electron chi connectivity index (χ2n) is 5.29. The first-order valence-electron chi connectivity index (χ1n) is 7.63. The van der Waals surface area contributed by atoms with E-state index in [2.05, 4.69) is 5.32 Å². The van der Waals surface area contributed by atoms with Crippen LogP contribution < -0.4 is 16.4 Å². The highest BCUT2D eigenvalue weighted by atomic mass is 16.3. The van der Waals surface area contributed by atoms with Gasteiger partial charge in [0.2, 0.25) is 5.91 Å². The lowest BCUT2D eigenvalue weighted by atomic mass is 10.2. The van der Waals surface area contributed by atoms with Crippen LogP contribution in [0.2, 0.25) is 0 Å². The molecule has 3 rings (SSSR count). The zero-order valence-corrected chi connectivity index (χ0v) is 13.2. The third kappa shape index (κ3) is 2.88. The van der Waals surface area contributed by atoms with E-state index >= 15 is 0 Å². The van der Waals surface area contributed by atoms with Gasteiger partial charge in [-0.3, -0.25) is 19.0 Å². The zero-order chi connectivity index (χ0) is 17.1. The van der Waals surface area contributed by atoms with Gasteiger partial charge in [0.25, 0.3) is 0 Å². The third-order valence-electron chi connectivity index (χ3n) is 3.79. The average molecular weight is 327 g/mol. The molecule has 0 spiro atoms. The van der Waals surface area contributed by atoms with Crippen LogP contribution in [0.3, 0.4) is 0 Å². The maximum Gasteiger partial charge on any atom is 0.317 e. The first-order chi connectivity index (χ1) is 11.6. The maximum absolute atomic E-state index is 12.4. The van der Waals surface area contributed by atoms with Gasteiger partial charge >= 0.3 is 11.1 Å². The van der Waals surface area contributed by atoms with Gasteiger partial charge in [-0.15, -0.1) is 0 Å². The number of hydrogen-bond acceptors (Lipinski definition) is 4. The van der Waals surface area contributed by atoms with Crippen LogP contribution in [0.15, 0.2) is 56.7 Å². The first-order valence-corrected chi connectivity index (χ1v) is 7.63. The van der Waals surface area contributed by atoms with Crippen molar-refractivity contribution in [3.8, 4) is 0 Å². The number of benzene rings is 1. The van der Waals surface area contributed by atoms with Crippen molar-refractivity contribution in [1.29, 1.82) is 0 Å². The molecule has 0 radical (unpaired) electrons. The molecule has 24 heavy (non-hydrogen) atoms. The van der Waals surface area contributed by atoms with Gasteiger partial charge in [-0.25, -0.2) is 0 Å². The second-order valence-corrected chi connectivity index (χ2v) is 5.29. The molecular weight excluding hydrogens is 310 g/mol. The Kier molecular flexibility index (Phi) is 4.33. The van der Waals surface area contributed by atoms with Crippen LogP contribution in [0.4, 0.5) is 0 Å². The number of furan rings is 1. The smallest absolute Gasteiger partial charge is 0.317 e. The number of hydrogen-bond donors (Lipinski definition) is 1. The average Bonchev–Trinajstić information content (AvgIpc) is 3.11. The van der Waals surface area contributed by atoms with Crippen LogP contribution in [0.5, 0.6) is 0 Å². The van der Waals surface area contributed by atoms with Gasteiger partial charge in [0, 0.05) is 6.54 Å². The third-order valence-corrected chi connectivity index (χ3v) is 3.79. The van der Waals surface area contributed by atoms with Crippen molar-refractivity contribution in [1.82, 2.24) is 14.5 Å². The predicted octanol–water partition coefficient (Wildman–Crippen LogP) is 1.09. The Hall–Kier alpha value is -3.09. The molecule has 0 saturated heterocycles. The minimum atomic E-state index is -0.705. The number of para-hydroxylation sites is 2. The molecule has 1 amide bonds. The number of rotatable bonds is 5. The molecule has 0 atom stereocenters. The highest BCUT2D eigenvalue weighted by Gasteiger charge is 2.14. The van der Waals surface area contributed by atoms with E-state index in [1.165, 1.54) is 15.4 Å². The Balaban J connectivity index is 1.94. The van der Waals surface area contributed by atoms with Gasteiger partial charge < -0.3 is 14.3 Å². The van der Waals surface area contributed by atoms with E-state index in [1.54, 1.807) is 43.3 Å². The van der Waals surface area contributed by atoms with E-state index in [-0.39, 0.29) is 19.0 Å². The topological polar surface area (TPSA) is 86.2 Å². The summed E-state index contributed by atoms with van der Waals surface area (Å²) in [4.78, 5) is 36.8. The number of amides is 1. The number of aromatic nitrogens is 2. The number of nitrogens with zero attached hydrogens (tertiary/aromatic N) is 2. The van der Waals surface area contributed by atoms with Crippen LogP contribution in [0, 0.1) is 0 Å². The summed E-state index contributed by atoms with van der Waals surface area (Å²) in [6.07, 6.45) is 1.52. The Labute approximate surface area is 137 Å². The quantitative estimate of drug-likeness (QED) is 0.711. The molecule has 0 aliphatic rings. The number of aryl methyl sites for hydroxylation is 1. The summed E-state index contributed by atoms with van der Waals surface area (Å²) in [6, 6.07) is 10.5. The standard InChI is InChI=1S/C17H17N3O4/c1-2-19-13-7-3-4-8-14(13)20(17(23)16(19)22)11-15(21)18-10-12-6-5-9-24-12/h3-9H,2,10-11H2,1H3,(H,18,21). The second kappa shape index (κ2) is 6.57. The Morgan fingerprint density at radius 1 is 1.04 bits per heavy atom. The summed E-state index contributed by atoms with van der Waals surface area (Å²) in [5.41, 5.74) is -0.153. The molecule has 0 saturated carbocycles. The summed E-state index contributed by atoms with van der Waals surface area (Å²) < 4.78 is 7.76. The lowest BCUT2D eigenvalue weighted by Gasteiger charge is -2.13. The normalized spacial score (nSPS) is 10.9. The molecule has 7 heteroatoms. The highest BCUT2D eigenvalue weighted by molar-refractivity contribution is 5.80. The van der Waals surface area contributed by atoms with Gasteiger partial charge in [0.05, 0.1) is 23.8 Å². The van der Waals surface area contributed by atoms with E-state index in [0.29, 0.717) is 23.3 Å². The van der Waals surface area contributed by atoms with Gasteiger partial charge in [-0.1, -0.05) is 12.1 Å². The molecule has 1 N–H and O–H groups in total. The van der Waals surface area contributed by atoms with Gasteiger partial charge in [0.15, 0.2) is 0 Å². The lowest BCUT2D eigenvalue weighted by Crippen LogP contribution is -2.43. The summed E-state index contributed by atoms with van der Waals surface area (Å²) in [6.45, 7) is 2.19. The fourth-order valence-corrected chi connectivity index (χ4v) is 2.64. The van der Waals surface area contributed by atoms with Gasteiger partial charge in [-0.05, 0) is 31.2 Å². The van der Waals surface area contributed by atoms with Crippen molar-refractivity contribution in [3.63, 3.8) is 0 Å². The van der Waals surface area contributed by atoms with E-state index in [9.17, 15) is 14.4 Å².